The van der Waals surface area contributed by atoms with Gasteiger partial charge in [0, 0.05) is 19.1 Å². The fraction of sp³-hybridized carbons (Fsp3) is 0.929. The molecule has 0 spiro atoms. The quantitative estimate of drug-likeness (QED) is 0.734. The summed E-state index contributed by atoms with van der Waals surface area (Å²) in [5, 5.41) is 21.3. The Bertz CT molecular complexity index is 354. The van der Waals surface area contributed by atoms with Gasteiger partial charge < -0.3 is 10.4 Å². The van der Waals surface area contributed by atoms with Crippen LogP contribution in [0.4, 0.5) is 13.2 Å². The first-order valence-corrected chi connectivity index (χ1v) is 7.28. The highest BCUT2D eigenvalue weighted by molar-refractivity contribution is 4.89. The summed E-state index contributed by atoms with van der Waals surface area (Å²) < 4.78 is 36.9. The van der Waals surface area contributed by atoms with Crippen molar-refractivity contribution in [3.8, 4) is 6.07 Å². The molecule has 0 amide bonds. The van der Waals surface area contributed by atoms with Gasteiger partial charge in [-0.2, -0.15) is 18.4 Å². The molecule has 1 aliphatic heterocycles. The van der Waals surface area contributed by atoms with Gasteiger partial charge in [-0.15, -0.1) is 0 Å². The van der Waals surface area contributed by atoms with E-state index in [-0.39, 0.29) is 24.4 Å². The zero-order chi connectivity index (χ0) is 16.0. The maximum absolute atomic E-state index is 12.3. The van der Waals surface area contributed by atoms with E-state index < -0.39 is 18.8 Å². The molecule has 0 radical (unpaired) electrons. The molecule has 0 aromatic heterocycles. The average Bonchev–Trinajstić information content (AvgIpc) is 2.35. The third kappa shape index (κ3) is 7.11. The number of aliphatic hydroxyl groups excluding tert-OH is 1. The number of halogens is 3. The number of aliphatic hydroxyl groups is 1. The highest BCUT2D eigenvalue weighted by Crippen LogP contribution is 2.24. The van der Waals surface area contributed by atoms with E-state index >= 15 is 0 Å². The molecule has 0 aliphatic carbocycles. The van der Waals surface area contributed by atoms with Crippen LogP contribution in [0.3, 0.4) is 0 Å². The fourth-order valence-corrected chi connectivity index (χ4v) is 2.72. The summed E-state index contributed by atoms with van der Waals surface area (Å²) >= 11 is 0. The number of nitrogens with zero attached hydrogens (tertiary/aromatic N) is 2. The zero-order valence-electron chi connectivity index (χ0n) is 12.5. The van der Waals surface area contributed by atoms with Crippen LogP contribution < -0.4 is 5.32 Å². The van der Waals surface area contributed by atoms with Gasteiger partial charge in [-0.1, -0.05) is 13.8 Å². The number of rotatable bonds is 6. The smallest absolute Gasteiger partial charge is 0.393 e. The van der Waals surface area contributed by atoms with Gasteiger partial charge >= 0.3 is 6.18 Å². The lowest BCUT2D eigenvalue weighted by molar-refractivity contribution is -0.127. The molecular weight excluding hydrogens is 283 g/mol. The van der Waals surface area contributed by atoms with Crippen molar-refractivity contribution in [3.05, 3.63) is 0 Å². The summed E-state index contributed by atoms with van der Waals surface area (Å²) in [6.07, 6.45) is -3.53. The molecule has 0 bridgehead atoms. The zero-order valence-corrected chi connectivity index (χ0v) is 12.5. The van der Waals surface area contributed by atoms with Crippen molar-refractivity contribution in [1.29, 1.82) is 5.26 Å². The molecule has 122 valence electrons. The first-order chi connectivity index (χ1) is 9.71. The molecule has 0 aromatic carbocycles. The summed E-state index contributed by atoms with van der Waals surface area (Å²) in [5.41, 5.74) is 0. The maximum Gasteiger partial charge on any atom is 0.401 e. The van der Waals surface area contributed by atoms with Gasteiger partial charge in [0.05, 0.1) is 25.3 Å². The number of alkyl halides is 3. The number of hydrogen-bond donors (Lipinski definition) is 2. The van der Waals surface area contributed by atoms with Crippen LogP contribution in [0.5, 0.6) is 0 Å². The lowest BCUT2D eigenvalue weighted by Gasteiger charge is -2.38. The minimum atomic E-state index is -4.23. The predicted molar refractivity (Wildman–Crippen MR) is 73.5 cm³/mol. The highest BCUT2D eigenvalue weighted by Gasteiger charge is 2.32. The Morgan fingerprint density at radius 1 is 1.38 bits per heavy atom. The van der Waals surface area contributed by atoms with Crippen molar-refractivity contribution >= 4 is 0 Å². The maximum atomic E-state index is 12.3. The molecule has 2 N–H and O–H groups in total. The number of nitrogens with one attached hydrogen (secondary N) is 1. The molecule has 7 heteroatoms. The monoisotopic (exact) mass is 307 g/mol. The van der Waals surface area contributed by atoms with E-state index in [1.165, 1.54) is 0 Å². The second kappa shape index (κ2) is 7.97. The first-order valence-electron chi connectivity index (χ1n) is 7.28. The number of hydrogen-bond acceptors (Lipinski definition) is 4. The van der Waals surface area contributed by atoms with E-state index in [0.717, 1.165) is 0 Å². The molecule has 0 aromatic rings. The van der Waals surface area contributed by atoms with Crippen LogP contribution in [-0.2, 0) is 0 Å². The minimum absolute atomic E-state index is 0.107. The van der Waals surface area contributed by atoms with Gasteiger partial charge in [0.1, 0.15) is 0 Å². The van der Waals surface area contributed by atoms with Crippen molar-refractivity contribution in [1.82, 2.24) is 10.2 Å². The van der Waals surface area contributed by atoms with E-state index in [0.29, 0.717) is 25.9 Å². The Balaban J connectivity index is 2.57. The minimum Gasteiger partial charge on any atom is -0.393 e. The standard InChI is InChI=1S/C14H24F3N3O/c1-10(2)13(21)6-11-5-12(19-9-14(15,16)17)8-20(7-11)4-3-18/h10-13,19,21H,4-9H2,1-2H3. The van der Waals surface area contributed by atoms with E-state index in [9.17, 15) is 18.3 Å². The number of piperidine rings is 1. The van der Waals surface area contributed by atoms with Crippen LogP contribution in [0.25, 0.3) is 0 Å². The van der Waals surface area contributed by atoms with E-state index in [1.54, 1.807) is 0 Å². The summed E-state index contributed by atoms with van der Waals surface area (Å²) in [7, 11) is 0. The Kier molecular flexibility index (Phi) is 6.91. The lowest BCUT2D eigenvalue weighted by atomic mass is 9.87. The molecule has 0 saturated carbocycles. The Labute approximate surface area is 123 Å². The third-order valence-corrected chi connectivity index (χ3v) is 3.84. The van der Waals surface area contributed by atoms with E-state index in [1.807, 2.05) is 24.8 Å². The van der Waals surface area contributed by atoms with Crippen molar-refractivity contribution in [2.45, 2.75) is 45.0 Å². The summed E-state index contributed by atoms with van der Waals surface area (Å²) in [6, 6.07) is 1.75. The Morgan fingerprint density at radius 2 is 2.05 bits per heavy atom. The van der Waals surface area contributed by atoms with Crippen LogP contribution in [-0.4, -0.2) is 54.5 Å². The van der Waals surface area contributed by atoms with Gasteiger partial charge in [0.25, 0.3) is 0 Å². The van der Waals surface area contributed by atoms with Crippen LogP contribution >= 0.6 is 0 Å². The van der Waals surface area contributed by atoms with Crippen LogP contribution in [0.2, 0.25) is 0 Å². The van der Waals surface area contributed by atoms with Crippen LogP contribution in [0, 0.1) is 23.2 Å². The normalized spacial score (nSPS) is 25.8. The highest BCUT2D eigenvalue weighted by atomic mass is 19.4. The van der Waals surface area contributed by atoms with Crippen molar-refractivity contribution in [3.63, 3.8) is 0 Å². The van der Waals surface area contributed by atoms with Crippen molar-refractivity contribution in [2.75, 3.05) is 26.2 Å². The van der Waals surface area contributed by atoms with Crippen LogP contribution in [0.15, 0.2) is 0 Å². The predicted octanol–water partition coefficient (Wildman–Crippen LogP) is 1.76. The molecule has 1 rings (SSSR count). The first kappa shape index (κ1) is 18.2. The average molecular weight is 307 g/mol. The molecule has 1 heterocycles. The molecule has 21 heavy (non-hydrogen) atoms. The number of nitriles is 1. The molecule has 1 aliphatic rings. The Morgan fingerprint density at radius 3 is 2.57 bits per heavy atom. The fourth-order valence-electron chi connectivity index (χ4n) is 2.72. The largest absolute Gasteiger partial charge is 0.401 e. The van der Waals surface area contributed by atoms with E-state index in [2.05, 4.69) is 5.32 Å². The molecule has 1 saturated heterocycles. The SMILES string of the molecule is CC(C)C(O)CC1CC(NCC(F)(F)F)CN(CC#N)C1. The number of likely N-dealkylation sites (tertiary alicyclic amines) is 1. The lowest BCUT2D eigenvalue weighted by Crippen LogP contribution is -2.51. The van der Waals surface area contributed by atoms with Gasteiger partial charge in [0.15, 0.2) is 0 Å². The van der Waals surface area contributed by atoms with Crippen LogP contribution in [0.1, 0.15) is 26.7 Å². The summed E-state index contributed by atoms with van der Waals surface area (Å²) in [5.74, 6) is 0.230. The molecule has 3 unspecified atom stereocenters. The van der Waals surface area contributed by atoms with Gasteiger partial charge in [-0.05, 0) is 24.7 Å². The van der Waals surface area contributed by atoms with Gasteiger partial charge in [0.2, 0.25) is 0 Å². The molecular formula is C14H24F3N3O. The topological polar surface area (TPSA) is 59.3 Å². The van der Waals surface area contributed by atoms with Crippen molar-refractivity contribution in [2.24, 2.45) is 11.8 Å². The summed E-state index contributed by atoms with van der Waals surface area (Å²) in [4.78, 5) is 1.86. The molecule has 1 fully saturated rings. The van der Waals surface area contributed by atoms with Gasteiger partial charge in [-0.25, -0.2) is 0 Å². The van der Waals surface area contributed by atoms with E-state index in [4.69, 9.17) is 5.26 Å². The molecule has 3 atom stereocenters. The molecule has 4 nitrogen and oxygen atoms in total. The van der Waals surface area contributed by atoms with Crippen molar-refractivity contribution < 1.29 is 18.3 Å². The summed E-state index contributed by atoms with van der Waals surface area (Å²) in [6.45, 7) is 4.12. The second-order valence-corrected chi connectivity index (χ2v) is 6.19. The van der Waals surface area contributed by atoms with Gasteiger partial charge in [-0.3, -0.25) is 4.90 Å². The Hall–Kier alpha value is -0.840. The second-order valence-electron chi connectivity index (χ2n) is 6.19. The third-order valence-electron chi connectivity index (χ3n) is 3.84.